The standard InChI is InChI=1S/C15H14BrN3OS3/c1-8(2)14-18-10(6-22-14)4-17-13(20)11-7-23-15(19-11)12-3-9(16)5-21-12/h3,5-8H,4H2,1-2H3,(H,17,20). The Kier molecular flexibility index (Phi) is 5.25. The minimum atomic E-state index is -0.165. The fraction of sp³-hybridized carbons (Fsp3) is 0.267. The molecule has 120 valence electrons. The van der Waals surface area contributed by atoms with E-state index in [9.17, 15) is 4.79 Å². The number of aromatic nitrogens is 2. The molecule has 0 unspecified atom stereocenters. The first-order valence-corrected chi connectivity index (χ1v) is 10.4. The van der Waals surface area contributed by atoms with Crippen molar-refractivity contribution >= 4 is 55.8 Å². The minimum Gasteiger partial charge on any atom is -0.345 e. The largest absolute Gasteiger partial charge is 0.345 e. The van der Waals surface area contributed by atoms with Gasteiger partial charge >= 0.3 is 0 Å². The van der Waals surface area contributed by atoms with Crippen molar-refractivity contribution in [1.29, 1.82) is 0 Å². The Morgan fingerprint density at radius 3 is 2.70 bits per heavy atom. The van der Waals surface area contributed by atoms with E-state index in [0.29, 0.717) is 18.2 Å². The quantitative estimate of drug-likeness (QED) is 0.612. The Hall–Kier alpha value is -1.09. The lowest BCUT2D eigenvalue weighted by molar-refractivity contribution is 0.0946. The molecule has 3 aromatic rings. The summed E-state index contributed by atoms with van der Waals surface area (Å²) >= 11 is 8.14. The summed E-state index contributed by atoms with van der Waals surface area (Å²) in [6, 6.07) is 2.01. The predicted octanol–water partition coefficient (Wildman–Crippen LogP) is 5.14. The fourth-order valence-electron chi connectivity index (χ4n) is 1.85. The second kappa shape index (κ2) is 7.21. The van der Waals surface area contributed by atoms with Gasteiger partial charge in [-0.1, -0.05) is 13.8 Å². The van der Waals surface area contributed by atoms with Crippen molar-refractivity contribution in [2.45, 2.75) is 26.3 Å². The Morgan fingerprint density at radius 2 is 2.04 bits per heavy atom. The number of nitrogens with zero attached hydrogens (tertiary/aromatic N) is 2. The fourth-order valence-corrected chi connectivity index (χ4v) is 4.99. The van der Waals surface area contributed by atoms with Gasteiger partial charge in [0.1, 0.15) is 10.7 Å². The molecule has 0 atom stereocenters. The lowest BCUT2D eigenvalue weighted by Crippen LogP contribution is -2.23. The van der Waals surface area contributed by atoms with Crippen LogP contribution in [0.5, 0.6) is 0 Å². The maximum Gasteiger partial charge on any atom is 0.271 e. The van der Waals surface area contributed by atoms with E-state index >= 15 is 0 Å². The first kappa shape index (κ1) is 16.8. The first-order valence-electron chi connectivity index (χ1n) is 6.95. The van der Waals surface area contributed by atoms with Gasteiger partial charge in [-0.25, -0.2) is 9.97 Å². The third-order valence-corrected chi connectivity index (χ3v) is 6.91. The highest BCUT2D eigenvalue weighted by Gasteiger charge is 2.13. The molecule has 0 saturated carbocycles. The normalized spacial score (nSPS) is 11.1. The van der Waals surface area contributed by atoms with Crippen LogP contribution in [0.1, 0.15) is 41.0 Å². The van der Waals surface area contributed by atoms with Gasteiger partial charge in [0.05, 0.1) is 22.1 Å². The van der Waals surface area contributed by atoms with Crippen LogP contribution >= 0.6 is 49.9 Å². The zero-order chi connectivity index (χ0) is 16.4. The molecule has 1 N–H and O–H groups in total. The van der Waals surface area contributed by atoms with E-state index in [4.69, 9.17) is 0 Å². The second-order valence-electron chi connectivity index (χ2n) is 5.18. The lowest BCUT2D eigenvalue weighted by Gasteiger charge is -2.00. The summed E-state index contributed by atoms with van der Waals surface area (Å²) in [6.07, 6.45) is 0. The number of carbonyl (C=O) groups is 1. The van der Waals surface area contributed by atoms with E-state index in [1.165, 1.54) is 11.3 Å². The number of halogens is 1. The van der Waals surface area contributed by atoms with Gasteiger partial charge < -0.3 is 5.32 Å². The van der Waals surface area contributed by atoms with E-state index in [1.54, 1.807) is 28.1 Å². The minimum absolute atomic E-state index is 0.165. The third-order valence-electron chi connectivity index (χ3n) is 3.01. The molecule has 0 aromatic carbocycles. The molecule has 1 amide bonds. The molecular weight excluding hydrogens is 414 g/mol. The molecule has 3 aromatic heterocycles. The number of rotatable bonds is 5. The van der Waals surface area contributed by atoms with E-state index < -0.39 is 0 Å². The third kappa shape index (κ3) is 4.06. The first-order chi connectivity index (χ1) is 11.0. The predicted molar refractivity (Wildman–Crippen MR) is 101 cm³/mol. The number of nitrogens with one attached hydrogen (secondary N) is 1. The molecule has 8 heteroatoms. The monoisotopic (exact) mass is 427 g/mol. The van der Waals surface area contributed by atoms with Crippen molar-refractivity contribution in [3.05, 3.63) is 43.1 Å². The maximum atomic E-state index is 12.2. The number of amides is 1. The molecule has 0 fully saturated rings. The van der Waals surface area contributed by atoms with Crippen molar-refractivity contribution in [3.63, 3.8) is 0 Å². The summed E-state index contributed by atoms with van der Waals surface area (Å²) < 4.78 is 1.03. The van der Waals surface area contributed by atoms with Crippen LogP contribution in [0.25, 0.3) is 9.88 Å². The van der Waals surface area contributed by atoms with E-state index in [-0.39, 0.29) is 5.91 Å². The lowest BCUT2D eigenvalue weighted by atomic mass is 10.2. The summed E-state index contributed by atoms with van der Waals surface area (Å²) in [5, 5.41) is 10.6. The average molecular weight is 428 g/mol. The van der Waals surface area contributed by atoms with Gasteiger partial charge in [0.2, 0.25) is 0 Å². The van der Waals surface area contributed by atoms with Crippen LogP contribution in [0, 0.1) is 0 Å². The van der Waals surface area contributed by atoms with Crippen molar-refractivity contribution in [2.24, 2.45) is 0 Å². The number of thiazole rings is 2. The van der Waals surface area contributed by atoms with Crippen LogP contribution < -0.4 is 5.32 Å². The van der Waals surface area contributed by atoms with Gasteiger partial charge in [-0.3, -0.25) is 4.79 Å². The van der Waals surface area contributed by atoms with Crippen molar-refractivity contribution in [2.75, 3.05) is 0 Å². The molecule has 0 bridgehead atoms. The molecule has 3 heterocycles. The number of carbonyl (C=O) groups excluding carboxylic acids is 1. The molecule has 0 saturated heterocycles. The molecule has 0 aliphatic rings. The topological polar surface area (TPSA) is 54.9 Å². The summed E-state index contributed by atoms with van der Waals surface area (Å²) in [7, 11) is 0. The van der Waals surface area contributed by atoms with Gasteiger partial charge in [-0.15, -0.1) is 34.0 Å². The van der Waals surface area contributed by atoms with E-state index in [2.05, 4.69) is 45.1 Å². The van der Waals surface area contributed by atoms with Crippen LogP contribution in [0.2, 0.25) is 0 Å². The van der Waals surface area contributed by atoms with Crippen LogP contribution in [0.15, 0.2) is 26.7 Å². The van der Waals surface area contributed by atoms with Gasteiger partial charge in [-0.2, -0.15) is 0 Å². The summed E-state index contributed by atoms with van der Waals surface area (Å²) in [5.74, 6) is 0.248. The highest BCUT2D eigenvalue weighted by Crippen LogP contribution is 2.32. The second-order valence-corrected chi connectivity index (χ2v) is 8.76. The summed E-state index contributed by atoms with van der Waals surface area (Å²) in [5.41, 5.74) is 1.35. The van der Waals surface area contributed by atoms with Gasteiger partial charge in [-0.05, 0) is 22.0 Å². The van der Waals surface area contributed by atoms with Gasteiger partial charge in [0, 0.05) is 26.5 Å². The van der Waals surface area contributed by atoms with Crippen LogP contribution in [0.4, 0.5) is 0 Å². The molecule has 0 radical (unpaired) electrons. The van der Waals surface area contributed by atoms with Crippen molar-refractivity contribution in [1.82, 2.24) is 15.3 Å². The Balaban J connectivity index is 1.63. The molecule has 0 aliphatic heterocycles. The summed E-state index contributed by atoms with van der Waals surface area (Å²) in [4.78, 5) is 22.2. The van der Waals surface area contributed by atoms with Crippen LogP contribution in [0.3, 0.4) is 0 Å². The maximum absolute atomic E-state index is 12.2. The summed E-state index contributed by atoms with van der Waals surface area (Å²) in [6.45, 7) is 4.65. The average Bonchev–Trinajstić information content (AvgIpc) is 3.24. The Bertz CT molecular complexity index is 821. The Labute approximate surface area is 154 Å². The van der Waals surface area contributed by atoms with Gasteiger partial charge in [0.25, 0.3) is 5.91 Å². The number of thiophene rings is 1. The van der Waals surface area contributed by atoms with Crippen molar-refractivity contribution in [3.8, 4) is 9.88 Å². The number of hydrogen-bond acceptors (Lipinski definition) is 6. The van der Waals surface area contributed by atoms with Crippen molar-refractivity contribution < 1.29 is 4.79 Å². The zero-order valence-corrected chi connectivity index (χ0v) is 16.5. The molecule has 0 aliphatic carbocycles. The molecule has 0 spiro atoms. The van der Waals surface area contributed by atoms with Crippen LogP contribution in [-0.2, 0) is 6.54 Å². The smallest absolute Gasteiger partial charge is 0.271 e. The highest BCUT2D eigenvalue weighted by molar-refractivity contribution is 9.10. The van der Waals surface area contributed by atoms with E-state index in [1.807, 2.05) is 16.8 Å². The van der Waals surface area contributed by atoms with E-state index in [0.717, 1.165) is 25.1 Å². The molecule has 3 rings (SSSR count). The SMILES string of the molecule is CC(C)c1nc(CNC(=O)c2csc(-c3cc(Br)cs3)n2)cs1. The molecular formula is C15H14BrN3OS3. The van der Waals surface area contributed by atoms with Crippen LogP contribution in [-0.4, -0.2) is 15.9 Å². The zero-order valence-electron chi connectivity index (χ0n) is 12.5. The molecule has 23 heavy (non-hydrogen) atoms. The number of hydrogen-bond donors (Lipinski definition) is 1. The van der Waals surface area contributed by atoms with Gasteiger partial charge in [0.15, 0.2) is 0 Å². The Morgan fingerprint density at radius 1 is 1.22 bits per heavy atom. The highest BCUT2D eigenvalue weighted by atomic mass is 79.9. The molecule has 4 nitrogen and oxygen atoms in total.